The minimum atomic E-state index is -2.05. The number of rotatable bonds is 9. The first-order valence-corrected chi connectivity index (χ1v) is 16.6. The van der Waals surface area contributed by atoms with E-state index in [1.807, 2.05) is 17.9 Å². The molecule has 0 spiro atoms. The first-order valence-electron chi connectivity index (χ1n) is 12.8. The third-order valence-electron chi connectivity index (χ3n) is 7.27. The van der Waals surface area contributed by atoms with Crippen molar-refractivity contribution < 1.29 is 23.5 Å². The summed E-state index contributed by atoms with van der Waals surface area (Å²) in [7, 11) is -0.490. The van der Waals surface area contributed by atoms with Gasteiger partial charge in [0.15, 0.2) is 8.32 Å². The van der Waals surface area contributed by atoms with Crippen LogP contribution in [0.1, 0.15) is 48.0 Å². The number of nitrogens with one attached hydrogen (secondary N) is 1. The van der Waals surface area contributed by atoms with Crippen molar-refractivity contribution in [1.29, 1.82) is 0 Å². The Morgan fingerprint density at radius 3 is 2.63 bits per heavy atom. The van der Waals surface area contributed by atoms with Gasteiger partial charge in [-0.2, -0.15) is 0 Å². The molecule has 0 bridgehead atoms. The number of anilines is 1. The van der Waals surface area contributed by atoms with Crippen LogP contribution in [-0.4, -0.2) is 58.1 Å². The average Bonchev–Trinajstić information content (AvgIpc) is 3.40. The fourth-order valence-electron chi connectivity index (χ4n) is 4.00. The molecule has 38 heavy (non-hydrogen) atoms. The summed E-state index contributed by atoms with van der Waals surface area (Å²) in [5.41, 5.74) is 2.73. The molecule has 0 unspecified atom stereocenters. The van der Waals surface area contributed by atoms with E-state index in [1.165, 1.54) is 16.5 Å². The average molecular weight is 557 g/mol. The summed E-state index contributed by atoms with van der Waals surface area (Å²) in [6.45, 7) is 17.5. The molecule has 9 heteroatoms. The SMILES string of the molecule is C=CCOC(=O)Nc1cc(C)c(OC)cc1C(=O)N1CCC(c2cccs2)=C[C@H]1CO[Si](C)(C)C(C)(C)C. The zero-order valence-electron chi connectivity index (χ0n) is 23.6. The predicted octanol–water partition coefficient (Wildman–Crippen LogP) is 7.12. The minimum absolute atomic E-state index is 0.0456. The van der Waals surface area contributed by atoms with E-state index in [9.17, 15) is 9.59 Å². The first kappa shape index (κ1) is 29.7. The highest BCUT2D eigenvalue weighted by atomic mass is 32.1. The normalized spacial score (nSPS) is 16.0. The number of amides is 2. The van der Waals surface area contributed by atoms with E-state index in [2.05, 4.69) is 63.3 Å². The standard InChI is InChI=1S/C29H40N2O5SSi/c1-9-14-35-28(33)30-24-16-20(2)25(34-6)18-23(24)27(32)31-13-12-21(26-11-10-15-37-26)17-22(31)19-36-38(7,8)29(3,4)5/h9-11,15-18,22H,1,12-14,19H2,2-8H3,(H,30,33)/t22-/m0/s1. The second-order valence-corrected chi connectivity index (χ2v) is 16.7. The summed E-state index contributed by atoms with van der Waals surface area (Å²) in [4.78, 5) is 29.5. The molecule has 1 aromatic heterocycles. The van der Waals surface area contributed by atoms with Crippen LogP contribution in [0.25, 0.3) is 5.57 Å². The van der Waals surface area contributed by atoms with E-state index in [0.717, 1.165) is 12.0 Å². The second kappa shape index (κ2) is 12.3. The summed E-state index contributed by atoms with van der Waals surface area (Å²) in [5, 5.41) is 4.84. The van der Waals surface area contributed by atoms with Gasteiger partial charge in [0.1, 0.15) is 12.4 Å². The van der Waals surface area contributed by atoms with E-state index >= 15 is 0 Å². The van der Waals surface area contributed by atoms with Gasteiger partial charge >= 0.3 is 6.09 Å². The number of methoxy groups -OCH3 is 1. The highest BCUT2D eigenvalue weighted by Gasteiger charge is 2.39. The molecule has 7 nitrogen and oxygen atoms in total. The Bertz CT molecular complexity index is 1180. The number of thiophene rings is 1. The highest BCUT2D eigenvalue weighted by molar-refractivity contribution is 7.11. The van der Waals surface area contributed by atoms with Crippen LogP contribution in [-0.2, 0) is 9.16 Å². The summed E-state index contributed by atoms with van der Waals surface area (Å²) in [6.07, 6.45) is 3.73. The smallest absolute Gasteiger partial charge is 0.411 e. The summed E-state index contributed by atoms with van der Waals surface area (Å²) in [5.74, 6) is 0.367. The van der Waals surface area contributed by atoms with Crippen molar-refractivity contribution in [3.63, 3.8) is 0 Å². The zero-order chi connectivity index (χ0) is 28.1. The molecule has 1 aliphatic heterocycles. The van der Waals surface area contributed by atoms with Crippen molar-refractivity contribution in [2.45, 2.75) is 58.3 Å². The van der Waals surface area contributed by atoms with Crippen LogP contribution in [0, 0.1) is 6.92 Å². The minimum Gasteiger partial charge on any atom is -0.496 e. The van der Waals surface area contributed by atoms with Crippen molar-refractivity contribution in [2.24, 2.45) is 0 Å². The molecule has 0 fully saturated rings. The van der Waals surface area contributed by atoms with Gasteiger partial charge in [0.2, 0.25) is 0 Å². The third-order valence-corrected chi connectivity index (χ3v) is 12.7. The van der Waals surface area contributed by atoms with Crippen LogP contribution in [0.15, 0.2) is 48.4 Å². The fraction of sp³-hybridized carbons (Fsp3) is 0.448. The van der Waals surface area contributed by atoms with Crippen molar-refractivity contribution >= 4 is 42.9 Å². The molecule has 2 amide bonds. The van der Waals surface area contributed by atoms with Crippen LogP contribution in [0.5, 0.6) is 5.75 Å². The lowest BCUT2D eigenvalue weighted by molar-refractivity contribution is 0.0655. The lowest BCUT2D eigenvalue weighted by atomic mass is 9.99. The van der Waals surface area contributed by atoms with Gasteiger partial charge in [0.05, 0.1) is 31.0 Å². The number of benzene rings is 1. The van der Waals surface area contributed by atoms with E-state index in [1.54, 1.807) is 30.6 Å². The van der Waals surface area contributed by atoms with Gasteiger partial charge in [-0.05, 0) is 66.2 Å². The molecule has 1 aliphatic rings. The molecular formula is C29H40N2O5SSi. The highest BCUT2D eigenvalue weighted by Crippen LogP contribution is 2.38. The van der Waals surface area contributed by atoms with E-state index in [4.69, 9.17) is 13.9 Å². The van der Waals surface area contributed by atoms with Crippen LogP contribution >= 0.6 is 11.3 Å². The molecule has 0 saturated carbocycles. The van der Waals surface area contributed by atoms with Crippen LogP contribution in [0.4, 0.5) is 10.5 Å². The third kappa shape index (κ3) is 6.95. The molecule has 3 rings (SSSR count). The second-order valence-electron chi connectivity index (χ2n) is 10.9. The number of hydrogen-bond donors (Lipinski definition) is 1. The summed E-state index contributed by atoms with van der Waals surface area (Å²) >= 11 is 1.70. The van der Waals surface area contributed by atoms with Gasteiger partial charge in [-0.3, -0.25) is 10.1 Å². The Hall–Kier alpha value is -2.88. The largest absolute Gasteiger partial charge is 0.496 e. The van der Waals surface area contributed by atoms with Gasteiger partial charge in [0.25, 0.3) is 5.91 Å². The number of carbonyl (C=O) groups is 2. The van der Waals surface area contributed by atoms with Crippen molar-refractivity contribution in [1.82, 2.24) is 4.90 Å². The topological polar surface area (TPSA) is 77.1 Å². The van der Waals surface area contributed by atoms with Gasteiger partial charge < -0.3 is 18.8 Å². The van der Waals surface area contributed by atoms with Crippen LogP contribution in [0.3, 0.4) is 0 Å². The maximum atomic E-state index is 14.1. The number of ether oxygens (including phenoxy) is 2. The maximum absolute atomic E-state index is 14.1. The molecule has 2 heterocycles. The number of aryl methyl sites for hydroxylation is 1. The maximum Gasteiger partial charge on any atom is 0.411 e. The predicted molar refractivity (Wildman–Crippen MR) is 158 cm³/mol. The van der Waals surface area contributed by atoms with Gasteiger partial charge in [-0.15, -0.1) is 11.3 Å². The zero-order valence-corrected chi connectivity index (χ0v) is 25.4. The Morgan fingerprint density at radius 1 is 1.29 bits per heavy atom. The molecular weight excluding hydrogens is 516 g/mol. The molecule has 206 valence electrons. The van der Waals surface area contributed by atoms with Crippen LogP contribution in [0.2, 0.25) is 18.1 Å². The van der Waals surface area contributed by atoms with Gasteiger partial charge in [-0.1, -0.05) is 45.6 Å². The molecule has 2 aromatic rings. The van der Waals surface area contributed by atoms with Crippen LogP contribution < -0.4 is 10.1 Å². The van der Waals surface area contributed by atoms with E-state index in [0.29, 0.717) is 30.2 Å². The monoisotopic (exact) mass is 556 g/mol. The Labute approximate surface area is 231 Å². The molecule has 0 radical (unpaired) electrons. The molecule has 0 aliphatic carbocycles. The summed E-state index contributed by atoms with van der Waals surface area (Å²) in [6, 6.07) is 7.32. The Morgan fingerprint density at radius 2 is 2.03 bits per heavy atom. The quantitative estimate of drug-likeness (QED) is 0.263. The number of nitrogens with zero attached hydrogens (tertiary/aromatic N) is 1. The molecule has 1 atom stereocenters. The molecule has 0 saturated heterocycles. The van der Waals surface area contributed by atoms with Crippen molar-refractivity contribution in [3.05, 3.63) is 64.4 Å². The van der Waals surface area contributed by atoms with E-state index < -0.39 is 14.4 Å². The number of hydrogen-bond acceptors (Lipinski definition) is 6. The Kier molecular flexibility index (Phi) is 9.62. The lowest BCUT2D eigenvalue weighted by Gasteiger charge is -2.40. The fourth-order valence-corrected chi connectivity index (χ4v) is 5.81. The number of carbonyl (C=O) groups excluding carboxylic acids is 2. The van der Waals surface area contributed by atoms with Gasteiger partial charge in [0, 0.05) is 11.4 Å². The Balaban J connectivity index is 1.98. The van der Waals surface area contributed by atoms with Crippen molar-refractivity contribution in [3.8, 4) is 5.75 Å². The van der Waals surface area contributed by atoms with Crippen molar-refractivity contribution in [2.75, 3.05) is 32.2 Å². The van der Waals surface area contributed by atoms with Gasteiger partial charge in [-0.25, -0.2) is 4.79 Å². The lowest BCUT2D eigenvalue weighted by Crippen LogP contribution is -2.49. The van der Waals surface area contributed by atoms with E-state index in [-0.39, 0.29) is 23.6 Å². The summed E-state index contributed by atoms with van der Waals surface area (Å²) < 4.78 is 17.2. The first-order chi connectivity index (χ1) is 17.9. The molecule has 1 aromatic carbocycles. The molecule has 1 N–H and O–H groups in total.